The molecule has 3 aliphatic rings. The van der Waals surface area contributed by atoms with Crippen LogP contribution in [0.3, 0.4) is 0 Å². The van der Waals surface area contributed by atoms with E-state index in [1.807, 2.05) is 0 Å². The Hall–Kier alpha value is -0.450. The summed E-state index contributed by atoms with van der Waals surface area (Å²) >= 11 is 0. The van der Waals surface area contributed by atoms with Crippen LogP contribution in [-0.4, -0.2) is 37.7 Å². The van der Waals surface area contributed by atoms with Crippen LogP contribution in [0, 0.1) is 11.3 Å². The first-order valence-electron chi connectivity index (χ1n) is 7.66. The van der Waals surface area contributed by atoms with Crippen molar-refractivity contribution < 1.29 is 14.3 Å². The Morgan fingerprint density at radius 2 is 1.89 bits per heavy atom. The number of rotatable bonds is 3. The maximum absolute atomic E-state index is 12.9. The first-order valence-corrected chi connectivity index (χ1v) is 7.66. The van der Waals surface area contributed by atoms with Gasteiger partial charge in [-0.1, -0.05) is 0 Å². The van der Waals surface area contributed by atoms with Gasteiger partial charge in [0.2, 0.25) is 0 Å². The van der Waals surface area contributed by atoms with E-state index in [2.05, 4.69) is 0 Å². The van der Waals surface area contributed by atoms with Gasteiger partial charge in [-0.25, -0.2) is 0 Å². The van der Waals surface area contributed by atoms with E-state index in [1.165, 1.54) is 6.42 Å². The minimum Gasteiger partial charge on any atom is -0.381 e. The molecule has 0 aromatic carbocycles. The van der Waals surface area contributed by atoms with Gasteiger partial charge in [-0.05, 0) is 44.9 Å². The standard InChI is InChI=1S/C15H25NO3/c16-11-14(5-8-18-9-6-14)13(17)12-2-7-19-15(10-12)3-1-4-15/h12H,1-11,16H2. The molecule has 0 aromatic heterocycles. The molecule has 3 rings (SSSR count). The Morgan fingerprint density at radius 3 is 2.47 bits per heavy atom. The Morgan fingerprint density at radius 1 is 1.16 bits per heavy atom. The van der Waals surface area contributed by atoms with Crippen LogP contribution in [0.4, 0.5) is 0 Å². The highest BCUT2D eigenvalue weighted by Gasteiger charge is 2.48. The summed E-state index contributed by atoms with van der Waals surface area (Å²) in [6.45, 7) is 2.57. The minimum absolute atomic E-state index is 0.0412. The molecule has 2 aliphatic heterocycles. The number of ether oxygens (including phenoxy) is 2. The molecule has 2 saturated heterocycles. The lowest BCUT2D eigenvalue weighted by atomic mass is 9.65. The van der Waals surface area contributed by atoms with E-state index in [4.69, 9.17) is 15.2 Å². The molecule has 4 nitrogen and oxygen atoms in total. The van der Waals surface area contributed by atoms with Crippen molar-refractivity contribution in [3.63, 3.8) is 0 Å². The van der Waals surface area contributed by atoms with E-state index in [1.54, 1.807) is 0 Å². The summed E-state index contributed by atoms with van der Waals surface area (Å²) in [5.74, 6) is 0.559. The van der Waals surface area contributed by atoms with Gasteiger partial charge in [-0.15, -0.1) is 0 Å². The Balaban J connectivity index is 1.71. The summed E-state index contributed by atoms with van der Waals surface area (Å²) in [5, 5.41) is 0. The molecule has 19 heavy (non-hydrogen) atoms. The van der Waals surface area contributed by atoms with Crippen molar-refractivity contribution in [3.05, 3.63) is 0 Å². The van der Waals surface area contributed by atoms with Crippen molar-refractivity contribution in [2.45, 2.75) is 50.5 Å². The Kier molecular flexibility index (Phi) is 3.67. The monoisotopic (exact) mass is 267 g/mol. The average Bonchev–Trinajstić information content (AvgIpc) is 2.45. The van der Waals surface area contributed by atoms with Crippen LogP contribution < -0.4 is 5.73 Å². The van der Waals surface area contributed by atoms with Crippen LogP contribution in [0.25, 0.3) is 0 Å². The lowest BCUT2D eigenvalue weighted by Crippen LogP contribution is -2.52. The molecule has 1 atom stereocenters. The van der Waals surface area contributed by atoms with Crippen LogP contribution in [-0.2, 0) is 14.3 Å². The number of hydrogen-bond donors (Lipinski definition) is 1. The van der Waals surface area contributed by atoms with Gasteiger partial charge in [0.25, 0.3) is 0 Å². The predicted molar refractivity (Wildman–Crippen MR) is 71.8 cm³/mol. The normalized spacial score (nSPS) is 32.8. The number of carbonyl (C=O) groups is 1. The molecule has 1 spiro atoms. The highest BCUT2D eigenvalue weighted by molar-refractivity contribution is 5.87. The fourth-order valence-electron chi connectivity index (χ4n) is 3.92. The zero-order chi connectivity index (χ0) is 13.3. The van der Waals surface area contributed by atoms with Gasteiger partial charge in [0.15, 0.2) is 0 Å². The molecule has 2 N–H and O–H groups in total. The Labute approximate surface area is 115 Å². The molecule has 1 aliphatic carbocycles. The van der Waals surface area contributed by atoms with E-state index >= 15 is 0 Å². The number of ketones is 1. The van der Waals surface area contributed by atoms with Gasteiger partial charge in [-0.2, -0.15) is 0 Å². The zero-order valence-electron chi connectivity index (χ0n) is 11.7. The molecule has 0 bridgehead atoms. The molecule has 3 fully saturated rings. The smallest absolute Gasteiger partial charge is 0.143 e. The second-order valence-corrected chi connectivity index (χ2v) is 6.54. The van der Waals surface area contributed by atoms with Crippen LogP contribution >= 0.6 is 0 Å². The van der Waals surface area contributed by atoms with Crippen LogP contribution in [0.15, 0.2) is 0 Å². The lowest BCUT2D eigenvalue weighted by molar-refractivity contribution is -0.164. The number of carbonyl (C=O) groups excluding carboxylic acids is 1. The topological polar surface area (TPSA) is 61.6 Å². The van der Waals surface area contributed by atoms with E-state index in [9.17, 15) is 4.79 Å². The highest BCUT2D eigenvalue weighted by Crippen LogP contribution is 2.46. The molecule has 1 saturated carbocycles. The maximum Gasteiger partial charge on any atom is 0.143 e. The molecule has 2 heterocycles. The SMILES string of the molecule is NCC1(C(=O)C2CCOC3(CCC3)C2)CCOCC1. The van der Waals surface area contributed by atoms with Crippen LogP contribution in [0.5, 0.6) is 0 Å². The fourth-order valence-corrected chi connectivity index (χ4v) is 3.92. The van der Waals surface area contributed by atoms with Crippen molar-refractivity contribution in [3.8, 4) is 0 Å². The van der Waals surface area contributed by atoms with Crippen molar-refractivity contribution in [2.75, 3.05) is 26.4 Å². The molecule has 1 unspecified atom stereocenters. The van der Waals surface area contributed by atoms with Crippen LogP contribution in [0.1, 0.15) is 44.9 Å². The molecular formula is C15H25NO3. The molecule has 0 radical (unpaired) electrons. The quantitative estimate of drug-likeness (QED) is 0.845. The number of hydrogen-bond acceptors (Lipinski definition) is 4. The lowest BCUT2D eigenvalue weighted by Gasteiger charge is -2.48. The van der Waals surface area contributed by atoms with Crippen molar-refractivity contribution in [1.82, 2.24) is 0 Å². The highest BCUT2D eigenvalue weighted by atomic mass is 16.5. The second kappa shape index (κ2) is 5.15. The summed E-state index contributed by atoms with van der Waals surface area (Å²) in [6.07, 6.45) is 6.92. The molecule has 4 heteroatoms. The van der Waals surface area contributed by atoms with E-state index in [0.717, 1.165) is 45.1 Å². The van der Waals surface area contributed by atoms with E-state index < -0.39 is 0 Å². The summed E-state index contributed by atoms with van der Waals surface area (Å²) in [6, 6.07) is 0. The van der Waals surface area contributed by atoms with Gasteiger partial charge in [0.05, 0.1) is 5.60 Å². The van der Waals surface area contributed by atoms with Gasteiger partial charge < -0.3 is 15.2 Å². The number of Topliss-reactive ketones (excluding diaryl/α,β-unsaturated/α-hetero) is 1. The largest absolute Gasteiger partial charge is 0.381 e. The third kappa shape index (κ3) is 2.34. The van der Waals surface area contributed by atoms with Gasteiger partial charge in [-0.3, -0.25) is 4.79 Å². The van der Waals surface area contributed by atoms with E-state index in [-0.39, 0.29) is 16.9 Å². The second-order valence-electron chi connectivity index (χ2n) is 6.54. The predicted octanol–water partition coefficient (Wildman–Crippen LogP) is 1.66. The summed E-state index contributed by atoms with van der Waals surface area (Å²) in [7, 11) is 0. The zero-order valence-corrected chi connectivity index (χ0v) is 11.7. The average molecular weight is 267 g/mol. The van der Waals surface area contributed by atoms with E-state index in [0.29, 0.717) is 25.5 Å². The third-order valence-electron chi connectivity index (χ3n) is 5.49. The Bertz CT molecular complexity index is 345. The fraction of sp³-hybridized carbons (Fsp3) is 0.933. The van der Waals surface area contributed by atoms with Gasteiger partial charge in [0, 0.05) is 37.7 Å². The number of nitrogens with two attached hydrogens (primary N) is 1. The van der Waals surface area contributed by atoms with Crippen LogP contribution in [0.2, 0.25) is 0 Å². The third-order valence-corrected chi connectivity index (χ3v) is 5.49. The molecule has 0 aromatic rings. The van der Waals surface area contributed by atoms with Crippen molar-refractivity contribution in [1.29, 1.82) is 0 Å². The van der Waals surface area contributed by atoms with Gasteiger partial charge >= 0.3 is 0 Å². The maximum atomic E-state index is 12.9. The molecular weight excluding hydrogens is 242 g/mol. The molecule has 0 amide bonds. The van der Waals surface area contributed by atoms with Crippen molar-refractivity contribution >= 4 is 5.78 Å². The van der Waals surface area contributed by atoms with Crippen molar-refractivity contribution in [2.24, 2.45) is 17.1 Å². The first kappa shape index (κ1) is 13.5. The summed E-state index contributed by atoms with van der Waals surface area (Å²) in [5.41, 5.74) is 5.68. The first-order chi connectivity index (χ1) is 9.20. The summed E-state index contributed by atoms with van der Waals surface area (Å²) < 4.78 is 11.3. The summed E-state index contributed by atoms with van der Waals surface area (Å²) in [4.78, 5) is 12.9. The van der Waals surface area contributed by atoms with Gasteiger partial charge in [0.1, 0.15) is 5.78 Å². The minimum atomic E-state index is -0.314. The molecule has 108 valence electrons.